The molecule has 146 valence electrons. The van der Waals surface area contributed by atoms with E-state index in [-0.39, 0.29) is 6.42 Å². The molecule has 2 aromatic rings. The topological polar surface area (TPSA) is 66.8 Å². The summed E-state index contributed by atoms with van der Waals surface area (Å²) >= 11 is 0. The summed E-state index contributed by atoms with van der Waals surface area (Å²) < 4.78 is 40.7. The molecule has 1 N–H and O–H groups in total. The molecule has 1 heterocycles. The number of anilines is 2. The number of para-hydroxylation sites is 2. The molecule has 0 saturated heterocycles. The average molecular weight is 390 g/mol. The van der Waals surface area contributed by atoms with Gasteiger partial charge in [-0.05, 0) is 42.5 Å². The SMILES string of the molecule is CCCc1cccc2c1Oc1cccc(CCC)c1N2C(CC)S(=O)(=O)O. The fraction of sp³-hybridized carbons (Fsp3) is 0.429. The van der Waals surface area contributed by atoms with Crippen LogP contribution in [0.5, 0.6) is 11.5 Å². The van der Waals surface area contributed by atoms with Crippen LogP contribution < -0.4 is 9.64 Å². The maximum Gasteiger partial charge on any atom is 0.286 e. The molecule has 0 saturated carbocycles. The molecule has 1 aliphatic rings. The van der Waals surface area contributed by atoms with Crippen molar-refractivity contribution in [2.45, 2.75) is 58.2 Å². The van der Waals surface area contributed by atoms with Crippen LogP contribution in [0, 0.1) is 0 Å². The van der Waals surface area contributed by atoms with E-state index in [0.29, 0.717) is 17.2 Å². The average Bonchev–Trinajstić information content (AvgIpc) is 2.62. The highest BCUT2D eigenvalue weighted by atomic mass is 32.2. The third kappa shape index (κ3) is 3.69. The van der Waals surface area contributed by atoms with Crippen molar-refractivity contribution in [1.82, 2.24) is 0 Å². The molecule has 3 rings (SSSR count). The van der Waals surface area contributed by atoms with Gasteiger partial charge in [-0.3, -0.25) is 4.55 Å². The van der Waals surface area contributed by atoms with E-state index >= 15 is 0 Å². The Bertz CT molecular complexity index is 924. The summed E-state index contributed by atoms with van der Waals surface area (Å²) in [6.07, 6.45) is 3.78. The molecule has 0 aliphatic carbocycles. The van der Waals surface area contributed by atoms with Gasteiger partial charge in [-0.2, -0.15) is 8.42 Å². The molecule has 1 atom stereocenters. The molecule has 27 heavy (non-hydrogen) atoms. The second-order valence-electron chi connectivity index (χ2n) is 6.88. The van der Waals surface area contributed by atoms with Crippen LogP contribution in [-0.4, -0.2) is 18.3 Å². The first-order chi connectivity index (χ1) is 12.9. The van der Waals surface area contributed by atoms with Crippen molar-refractivity contribution in [1.29, 1.82) is 0 Å². The number of nitrogens with zero attached hydrogens (tertiary/aromatic N) is 1. The fourth-order valence-corrected chi connectivity index (χ4v) is 4.70. The maximum atomic E-state index is 12.2. The van der Waals surface area contributed by atoms with Gasteiger partial charge in [-0.25, -0.2) is 0 Å². The molecule has 6 heteroatoms. The highest BCUT2D eigenvalue weighted by Crippen LogP contribution is 2.51. The molecule has 0 bridgehead atoms. The van der Waals surface area contributed by atoms with E-state index in [0.717, 1.165) is 42.5 Å². The number of rotatable bonds is 7. The van der Waals surface area contributed by atoms with E-state index in [9.17, 15) is 13.0 Å². The van der Waals surface area contributed by atoms with Crippen LogP contribution in [0.15, 0.2) is 36.4 Å². The number of ether oxygens (including phenoxy) is 1. The number of benzene rings is 2. The van der Waals surface area contributed by atoms with Crippen LogP contribution in [0.1, 0.15) is 51.2 Å². The fourth-order valence-electron chi connectivity index (χ4n) is 3.80. The first-order valence-electron chi connectivity index (χ1n) is 9.59. The summed E-state index contributed by atoms with van der Waals surface area (Å²) in [6.45, 7) is 5.95. The van der Waals surface area contributed by atoms with Crippen LogP contribution in [0.4, 0.5) is 11.4 Å². The Morgan fingerprint density at radius 1 is 1.00 bits per heavy atom. The Hall–Kier alpha value is -2.05. The largest absolute Gasteiger partial charge is 0.453 e. The van der Waals surface area contributed by atoms with Crippen molar-refractivity contribution in [3.05, 3.63) is 47.5 Å². The minimum Gasteiger partial charge on any atom is -0.453 e. The Morgan fingerprint density at radius 2 is 1.63 bits per heavy atom. The zero-order valence-corrected chi connectivity index (χ0v) is 16.9. The normalized spacial score (nSPS) is 14.3. The lowest BCUT2D eigenvalue weighted by Gasteiger charge is -2.38. The number of aryl methyl sites for hydroxylation is 2. The second kappa shape index (κ2) is 7.90. The van der Waals surface area contributed by atoms with Gasteiger partial charge < -0.3 is 9.64 Å². The van der Waals surface area contributed by atoms with Gasteiger partial charge in [0.25, 0.3) is 10.1 Å². The number of hydrogen-bond acceptors (Lipinski definition) is 4. The van der Waals surface area contributed by atoms with Crippen LogP contribution in [0.25, 0.3) is 0 Å². The van der Waals surface area contributed by atoms with Crippen molar-refractivity contribution < 1.29 is 17.7 Å². The third-order valence-electron chi connectivity index (χ3n) is 4.89. The van der Waals surface area contributed by atoms with Gasteiger partial charge in [0.15, 0.2) is 16.9 Å². The summed E-state index contributed by atoms with van der Waals surface area (Å²) in [7, 11) is -4.29. The van der Waals surface area contributed by atoms with Gasteiger partial charge in [0, 0.05) is 0 Å². The Balaban J connectivity index is 2.29. The third-order valence-corrected chi connectivity index (χ3v) is 6.12. The zero-order valence-electron chi connectivity index (χ0n) is 16.1. The number of hydrogen-bond donors (Lipinski definition) is 1. The summed E-state index contributed by atoms with van der Waals surface area (Å²) in [6, 6.07) is 11.6. The van der Waals surface area contributed by atoms with Crippen LogP contribution >= 0.6 is 0 Å². The summed E-state index contributed by atoms with van der Waals surface area (Å²) in [5, 5.41) is -1.06. The smallest absolute Gasteiger partial charge is 0.286 e. The van der Waals surface area contributed by atoms with Crippen molar-refractivity contribution in [2.75, 3.05) is 4.90 Å². The van der Waals surface area contributed by atoms with Gasteiger partial charge in [0.05, 0.1) is 11.4 Å². The lowest BCUT2D eigenvalue weighted by molar-refractivity contribution is 0.448. The quantitative estimate of drug-likeness (QED) is 0.637. The predicted molar refractivity (Wildman–Crippen MR) is 109 cm³/mol. The molecule has 0 fully saturated rings. The van der Waals surface area contributed by atoms with Gasteiger partial charge in [0.2, 0.25) is 0 Å². The first kappa shape index (κ1) is 19.7. The van der Waals surface area contributed by atoms with Crippen molar-refractivity contribution in [2.24, 2.45) is 0 Å². The van der Waals surface area contributed by atoms with Crippen molar-refractivity contribution in [3.8, 4) is 11.5 Å². The Labute approximate surface area is 161 Å². The van der Waals surface area contributed by atoms with E-state index < -0.39 is 15.5 Å². The monoisotopic (exact) mass is 389 g/mol. The Kier molecular flexibility index (Phi) is 5.77. The summed E-state index contributed by atoms with van der Waals surface area (Å²) in [5.41, 5.74) is 3.49. The van der Waals surface area contributed by atoms with E-state index in [1.54, 1.807) is 11.8 Å². The molecular weight excluding hydrogens is 362 g/mol. The van der Waals surface area contributed by atoms with Gasteiger partial charge in [-0.1, -0.05) is 57.9 Å². The molecule has 0 spiro atoms. The minimum absolute atomic E-state index is 0.260. The van der Waals surface area contributed by atoms with Crippen LogP contribution in [0.3, 0.4) is 0 Å². The highest BCUT2D eigenvalue weighted by molar-refractivity contribution is 7.86. The Morgan fingerprint density at radius 3 is 2.26 bits per heavy atom. The van der Waals surface area contributed by atoms with Crippen LogP contribution in [-0.2, 0) is 23.0 Å². The summed E-state index contributed by atoms with van der Waals surface area (Å²) in [5.74, 6) is 1.32. The van der Waals surface area contributed by atoms with E-state index in [1.165, 1.54) is 0 Å². The highest BCUT2D eigenvalue weighted by Gasteiger charge is 2.37. The van der Waals surface area contributed by atoms with Gasteiger partial charge in [0.1, 0.15) is 0 Å². The zero-order chi connectivity index (χ0) is 19.6. The molecule has 1 aliphatic heterocycles. The number of fused-ring (bicyclic) bond motifs is 2. The standard InChI is InChI=1S/C21H27NO4S/c1-4-9-15-11-8-14-18-20(15)22(19(6-3)27(23,24)25)17-13-7-12-16(10-5-2)21(17)26-18/h7-8,11-14,19H,4-6,9-10H2,1-3H3,(H,23,24,25). The molecule has 0 amide bonds. The molecular formula is C21H27NO4S. The minimum atomic E-state index is -4.29. The second-order valence-corrected chi connectivity index (χ2v) is 8.45. The summed E-state index contributed by atoms with van der Waals surface area (Å²) in [4.78, 5) is 1.76. The first-order valence-corrected chi connectivity index (χ1v) is 11.1. The molecule has 5 nitrogen and oxygen atoms in total. The van der Waals surface area contributed by atoms with E-state index in [1.807, 2.05) is 36.4 Å². The maximum absolute atomic E-state index is 12.2. The van der Waals surface area contributed by atoms with Crippen LogP contribution in [0.2, 0.25) is 0 Å². The molecule has 0 radical (unpaired) electrons. The molecule has 0 aromatic heterocycles. The van der Waals surface area contributed by atoms with E-state index in [2.05, 4.69) is 13.8 Å². The van der Waals surface area contributed by atoms with Gasteiger partial charge >= 0.3 is 0 Å². The predicted octanol–water partition coefficient (Wildman–Crippen LogP) is 5.46. The van der Waals surface area contributed by atoms with Gasteiger partial charge in [-0.15, -0.1) is 0 Å². The lowest BCUT2D eigenvalue weighted by Crippen LogP contribution is -2.39. The van der Waals surface area contributed by atoms with Crippen molar-refractivity contribution in [3.63, 3.8) is 0 Å². The molecule has 2 aromatic carbocycles. The van der Waals surface area contributed by atoms with E-state index in [4.69, 9.17) is 4.74 Å². The molecule has 1 unspecified atom stereocenters. The lowest BCUT2D eigenvalue weighted by atomic mass is 10.0. The van der Waals surface area contributed by atoms with Crippen molar-refractivity contribution >= 4 is 21.5 Å².